The highest BCUT2D eigenvalue weighted by Gasteiger charge is 2.32. The molecule has 0 bridgehead atoms. The van der Waals surface area contributed by atoms with Gasteiger partial charge in [-0.3, -0.25) is 0 Å². The number of methoxy groups -OCH3 is 1. The zero-order valence-electron chi connectivity index (χ0n) is 11.7. The number of halogens is 1. The van der Waals surface area contributed by atoms with Gasteiger partial charge in [-0.15, -0.1) is 0 Å². The summed E-state index contributed by atoms with van der Waals surface area (Å²) in [5, 5.41) is 2.71. The molecule has 1 heterocycles. The van der Waals surface area contributed by atoms with Crippen molar-refractivity contribution in [3.63, 3.8) is 0 Å². The van der Waals surface area contributed by atoms with E-state index in [-0.39, 0.29) is 17.0 Å². The smallest absolute Gasteiger partial charge is 0.410 e. The molecular weight excluding hydrogens is 316 g/mol. The summed E-state index contributed by atoms with van der Waals surface area (Å²) in [6, 6.07) is -0.141. The summed E-state index contributed by atoms with van der Waals surface area (Å²) in [7, 11) is 1.31. The highest BCUT2D eigenvalue weighted by Crippen LogP contribution is 2.20. The first-order valence-corrected chi connectivity index (χ1v) is 7.09. The van der Waals surface area contributed by atoms with Gasteiger partial charge >= 0.3 is 12.2 Å². The van der Waals surface area contributed by atoms with Gasteiger partial charge in [0, 0.05) is 17.9 Å². The maximum atomic E-state index is 12.0. The van der Waals surface area contributed by atoms with Gasteiger partial charge in [0.05, 0.1) is 13.2 Å². The van der Waals surface area contributed by atoms with E-state index in [1.807, 2.05) is 20.8 Å². The lowest BCUT2D eigenvalue weighted by molar-refractivity contribution is 0.0193. The van der Waals surface area contributed by atoms with E-state index < -0.39 is 11.7 Å². The normalized spacial score (nSPS) is 23.7. The Morgan fingerprint density at radius 3 is 2.47 bits per heavy atom. The van der Waals surface area contributed by atoms with Gasteiger partial charge in [-0.1, -0.05) is 15.9 Å². The Balaban J connectivity index is 2.59. The second-order valence-electron chi connectivity index (χ2n) is 5.55. The third-order valence-corrected chi connectivity index (χ3v) is 3.22. The molecule has 1 N–H and O–H groups in total. The van der Waals surface area contributed by atoms with Gasteiger partial charge in [0.15, 0.2) is 0 Å². The van der Waals surface area contributed by atoms with Crippen LogP contribution >= 0.6 is 15.9 Å². The Morgan fingerprint density at radius 2 is 1.95 bits per heavy atom. The average Bonchev–Trinajstić information content (AvgIpc) is 2.25. The van der Waals surface area contributed by atoms with E-state index in [4.69, 9.17) is 4.74 Å². The molecule has 2 unspecified atom stereocenters. The van der Waals surface area contributed by atoms with Gasteiger partial charge in [0.1, 0.15) is 5.60 Å². The first-order valence-electron chi connectivity index (χ1n) is 6.17. The van der Waals surface area contributed by atoms with Crippen molar-refractivity contribution in [1.82, 2.24) is 10.2 Å². The number of hydrogen-bond donors (Lipinski definition) is 1. The molecule has 0 aliphatic carbocycles. The minimum Gasteiger partial charge on any atom is -0.453 e. The number of alkyl carbamates (subject to hydrolysis) is 1. The van der Waals surface area contributed by atoms with Crippen molar-refractivity contribution in [2.75, 3.05) is 20.2 Å². The van der Waals surface area contributed by atoms with Gasteiger partial charge in [-0.2, -0.15) is 0 Å². The Hall–Kier alpha value is -0.980. The second-order valence-corrected chi connectivity index (χ2v) is 6.85. The van der Waals surface area contributed by atoms with Gasteiger partial charge in [-0.25, -0.2) is 9.59 Å². The van der Waals surface area contributed by atoms with Crippen molar-refractivity contribution in [3.05, 3.63) is 0 Å². The first-order chi connectivity index (χ1) is 8.71. The number of rotatable bonds is 1. The highest BCUT2D eigenvalue weighted by molar-refractivity contribution is 9.09. The van der Waals surface area contributed by atoms with Crippen LogP contribution in [0.1, 0.15) is 27.2 Å². The van der Waals surface area contributed by atoms with Crippen molar-refractivity contribution in [2.45, 2.75) is 43.7 Å². The summed E-state index contributed by atoms with van der Waals surface area (Å²) < 4.78 is 9.89. The van der Waals surface area contributed by atoms with Crippen LogP contribution in [0.2, 0.25) is 0 Å². The molecule has 0 aromatic carbocycles. The van der Waals surface area contributed by atoms with Crippen LogP contribution in [0.3, 0.4) is 0 Å². The van der Waals surface area contributed by atoms with Gasteiger partial charge in [-0.05, 0) is 27.2 Å². The second kappa shape index (κ2) is 6.45. The van der Waals surface area contributed by atoms with Gasteiger partial charge < -0.3 is 19.7 Å². The molecule has 1 aliphatic heterocycles. The monoisotopic (exact) mass is 336 g/mol. The lowest BCUT2D eigenvalue weighted by Crippen LogP contribution is -2.53. The third kappa shape index (κ3) is 5.67. The number of amides is 2. The van der Waals surface area contributed by atoms with E-state index in [1.165, 1.54) is 7.11 Å². The fraction of sp³-hybridized carbons (Fsp3) is 0.833. The predicted molar refractivity (Wildman–Crippen MR) is 74.5 cm³/mol. The third-order valence-electron chi connectivity index (χ3n) is 2.56. The maximum Gasteiger partial charge on any atom is 0.410 e. The molecule has 0 aromatic rings. The molecule has 0 radical (unpaired) electrons. The number of alkyl halides is 1. The Morgan fingerprint density at radius 1 is 1.32 bits per heavy atom. The molecule has 0 spiro atoms. The molecule has 0 aromatic heterocycles. The molecule has 1 rings (SSSR count). The number of piperidine rings is 1. The summed E-state index contributed by atoms with van der Waals surface area (Å²) in [5.41, 5.74) is -0.526. The molecule has 2 amide bonds. The first kappa shape index (κ1) is 16.1. The summed E-state index contributed by atoms with van der Waals surface area (Å²) in [6.07, 6.45) is -0.113. The van der Waals surface area contributed by atoms with Crippen LogP contribution in [0.4, 0.5) is 9.59 Å². The van der Waals surface area contributed by atoms with Crippen LogP contribution in [-0.2, 0) is 9.47 Å². The quantitative estimate of drug-likeness (QED) is 0.744. The average molecular weight is 337 g/mol. The molecule has 110 valence electrons. The van der Waals surface area contributed by atoms with Crippen LogP contribution in [0.5, 0.6) is 0 Å². The van der Waals surface area contributed by atoms with Crippen molar-refractivity contribution in [2.24, 2.45) is 0 Å². The lowest BCUT2D eigenvalue weighted by atomic mass is 10.1. The molecule has 1 fully saturated rings. The maximum absolute atomic E-state index is 12.0. The molecular formula is C12H21BrN2O4. The minimum atomic E-state index is -0.526. The summed E-state index contributed by atoms with van der Waals surface area (Å²) in [6.45, 7) is 6.46. The fourth-order valence-corrected chi connectivity index (χ4v) is 2.64. The zero-order valence-corrected chi connectivity index (χ0v) is 13.3. The standard InChI is InChI=1S/C12H21BrN2O4/c1-12(2,3)19-11(17)15-6-8(13)5-9(7-15)14-10(16)18-4/h8-9H,5-7H2,1-4H3,(H,14,16). The van der Waals surface area contributed by atoms with E-state index in [0.29, 0.717) is 13.1 Å². The number of ether oxygens (including phenoxy) is 2. The summed E-state index contributed by atoms with van der Waals surface area (Å²) in [5.74, 6) is 0. The van der Waals surface area contributed by atoms with Gasteiger partial charge in [0.25, 0.3) is 0 Å². The topological polar surface area (TPSA) is 67.9 Å². The van der Waals surface area contributed by atoms with Crippen LogP contribution in [0.15, 0.2) is 0 Å². The van der Waals surface area contributed by atoms with Crippen LogP contribution in [-0.4, -0.2) is 53.8 Å². The molecule has 1 saturated heterocycles. The summed E-state index contributed by atoms with van der Waals surface area (Å²) in [4.78, 5) is 24.9. The number of carbonyl (C=O) groups is 2. The molecule has 2 atom stereocenters. The van der Waals surface area contributed by atoms with Crippen molar-refractivity contribution >= 4 is 28.1 Å². The molecule has 0 saturated carbocycles. The number of nitrogens with one attached hydrogen (secondary N) is 1. The number of likely N-dealkylation sites (tertiary alicyclic amines) is 1. The molecule has 7 heteroatoms. The van der Waals surface area contributed by atoms with E-state index in [9.17, 15) is 9.59 Å². The van der Waals surface area contributed by atoms with E-state index in [0.717, 1.165) is 6.42 Å². The van der Waals surface area contributed by atoms with Crippen LogP contribution < -0.4 is 5.32 Å². The largest absolute Gasteiger partial charge is 0.453 e. The van der Waals surface area contributed by atoms with E-state index in [2.05, 4.69) is 26.0 Å². The van der Waals surface area contributed by atoms with E-state index in [1.54, 1.807) is 4.90 Å². The van der Waals surface area contributed by atoms with Crippen molar-refractivity contribution < 1.29 is 19.1 Å². The van der Waals surface area contributed by atoms with E-state index >= 15 is 0 Å². The zero-order chi connectivity index (χ0) is 14.6. The van der Waals surface area contributed by atoms with Crippen LogP contribution in [0, 0.1) is 0 Å². The Kier molecular flexibility index (Phi) is 5.46. The molecule has 19 heavy (non-hydrogen) atoms. The number of carbonyl (C=O) groups excluding carboxylic acids is 2. The number of nitrogens with zero attached hydrogens (tertiary/aromatic N) is 1. The van der Waals surface area contributed by atoms with Gasteiger partial charge in [0.2, 0.25) is 0 Å². The fourth-order valence-electron chi connectivity index (χ4n) is 1.84. The van der Waals surface area contributed by atoms with Crippen molar-refractivity contribution in [1.29, 1.82) is 0 Å². The molecule has 1 aliphatic rings. The minimum absolute atomic E-state index is 0.121. The summed E-state index contributed by atoms with van der Waals surface area (Å²) >= 11 is 3.49. The lowest BCUT2D eigenvalue weighted by Gasteiger charge is -2.36. The number of hydrogen-bond acceptors (Lipinski definition) is 4. The van der Waals surface area contributed by atoms with Crippen LogP contribution in [0.25, 0.3) is 0 Å². The predicted octanol–water partition coefficient (Wildman–Crippen LogP) is 2.12. The highest BCUT2D eigenvalue weighted by atomic mass is 79.9. The van der Waals surface area contributed by atoms with Crippen molar-refractivity contribution in [3.8, 4) is 0 Å². The Bertz CT molecular complexity index is 343. The Labute approximate surface area is 121 Å². The SMILES string of the molecule is COC(=O)NC1CC(Br)CN(C(=O)OC(C)(C)C)C1. The molecule has 6 nitrogen and oxygen atoms in total.